The Kier molecular flexibility index (Phi) is 5.89. The van der Waals surface area contributed by atoms with E-state index in [2.05, 4.69) is 4.98 Å². The molecule has 0 bridgehead atoms. The number of aromatic amines is 1. The predicted molar refractivity (Wildman–Crippen MR) is 107 cm³/mol. The maximum absolute atomic E-state index is 13.0. The van der Waals surface area contributed by atoms with E-state index >= 15 is 0 Å². The molecule has 6 heteroatoms. The average Bonchev–Trinajstić information content (AvgIpc) is 3.24. The van der Waals surface area contributed by atoms with Crippen LogP contribution in [0.1, 0.15) is 63.5 Å². The monoisotopic (exact) mass is 385 g/mol. The van der Waals surface area contributed by atoms with Gasteiger partial charge in [-0.15, -0.1) is 0 Å². The summed E-state index contributed by atoms with van der Waals surface area (Å²) in [6.07, 6.45) is 2.07. The molecule has 0 amide bonds. The van der Waals surface area contributed by atoms with Gasteiger partial charge in [0.1, 0.15) is 24.1 Å². The summed E-state index contributed by atoms with van der Waals surface area (Å²) in [6, 6.07) is 6.07. The number of hydrogen-bond donors (Lipinski definition) is 2. The SMILES string of the molecule is COc1ccc([C@H]2CCC[NH+]2CC(=O)c2[nH]c(C)c(C(C)=O)c2C)c(OC)c1. The summed E-state index contributed by atoms with van der Waals surface area (Å²) in [7, 11) is 3.29. The lowest BCUT2D eigenvalue weighted by atomic mass is 10.0. The summed E-state index contributed by atoms with van der Waals surface area (Å²) in [4.78, 5) is 29.3. The molecule has 2 N–H and O–H groups in total. The van der Waals surface area contributed by atoms with Crippen LogP contribution < -0.4 is 14.4 Å². The van der Waals surface area contributed by atoms with E-state index in [0.29, 0.717) is 17.8 Å². The highest BCUT2D eigenvalue weighted by molar-refractivity contribution is 6.03. The van der Waals surface area contributed by atoms with Crippen LogP contribution in [0.25, 0.3) is 0 Å². The zero-order valence-corrected chi connectivity index (χ0v) is 17.3. The molecule has 0 spiro atoms. The van der Waals surface area contributed by atoms with E-state index < -0.39 is 0 Å². The number of ether oxygens (including phenoxy) is 2. The predicted octanol–water partition coefficient (Wildman–Crippen LogP) is 2.45. The van der Waals surface area contributed by atoms with E-state index in [1.807, 2.05) is 32.0 Å². The van der Waals surface area contributed by atoms with Gasteiger partial charge in [-0.1, -0.05) is 0 Å². The summed E-state index contributed by atoms with van der Waals surface area (Å²) >= 11 is 0. The van der Waals surface area contributed by atoms with E-state index in [1.165, 1.54) is 11.8 Å². The quantitative estimate of drug-likeness (QED) is 0.718. The minimum Gasteiger partial charge on any atom is -0.497 e. The van der Waals surface area contributed by atoms with Gasteiger partial charge < -0.3 is 19.4 Å². The Balaban J connectivity index is 1.84. The largest absolute Gasteiger partial charge is 0.497 e. The van der Waals surface area contributed by atoms with Gasteiger partial charge in [-0.3, -0.25) is 9.59 Å². The van der Waals surface area contributed by atoms with Gasteiger partial charge in [-0.05, 0) is 38.5 Å². The number of ketones is 2. The zero-order chi connectivity index (χ0) is 20.4. The number of aryl methyl sites for hydroxylation is 1. The second-order valence-corrected chi connectivity index (χ2v) is 7.49. The van der Waals surface area contributed by atoms with Crippen molar-refractivity contribution in [2.45, 2.75) is 39.7 Å². The Morgan fingerprint density at radius 3 is 2.57 bits per heavy atom. The molecular weight excluding hydrogens is 356 g/mol. The highest BCUT2D eigenvalue weighted by Crippen LogP contribution is 2.31. The maximum atomic E-state index is 13.0. The first-order valence-corrected chi connectivity index (χ1v) is 9.67. The van der Waals surface area contributed by atoms with Crippen LogP contribution in [-0.2, 0) is 0 Å². The van der Waals surface area contributed by atoms with E-state index in [0.717, 1.165) is 47.7 Å². The summed E-state index contributed by atoms with van der Waals surface area (Å²) in [5.41, 5.74) is 3.81. The number of rotatable bonds is 7. The highest BCUT2D eigenvalue weighted by atomic mass is 16.5. The number of aromatic nitrogens is 1. The van der Waals surface area contributed by atoms with Crippen LogP contribution in [0.5, 0.6) is 11.5 Å². The molecule has 28 heavy (non-hydrogen) atoms. The molecule has 150 valence electrons. The van der Waals surface area contributed by atoms with Crippen molar-refractivity contribution in [1.29, 1.82) is 0 Å². The summed E-state index contributed by atoms with van der Waals surface area (Å²) in [6.45, 7) is 6.54. The van der Waals surface area contributed by atoms with Crippen LogP contribution in [0, 0.1) is 13.8 Å². The van der Waals surface area contributed by atoms with E-state index in [4.69, 9.17) is 9.47 Å². The molecule has 3 rings (SSSR count). The normalized spacial score (nSPS) is 18.9. The first-order valence-electron chi connectivity index (χ1n) is 9.67. The number of carbonyl (C=O) groups excluding carboxylic acids is 2. The molecule has 2 heterocycles. The second kappa shape index (κ2) is 8.19. The number of benzene rings is 1. The fourth-order valence-electron chi connectivity index (χ4n) is 4.46. The van der Waals surface area contributed by atoms with Crippen LogP contribution >= 0.6 is 0 Å². The third-order valence-corrected chi connectivity index (χ3v) is 5.76. The third-order valence-electron chi connectivity index (χ3n) is 5.76. The van der Waals surface area contributed by atoms with Crippen molar-refractivity contribution >= 4 is 11.6 Å². The molecule has 0 aliphatic carbocycles. The van der Waals surface area contributed by atoms with Crippen molar-refractivity contribution in [3.05, 3.63) is 46.3 Å². The summed E-state index contributed by atoms with van der Waals surface area (Å²) in [5.74, 6) is 1.58. The third kappa shape index (κ3) is 3.69. The van der Waals surface area contributed by atoms with Gasteiger partial charge in [0.15, 0.2) is 5.78 Å². The number of methoxy groups -OCH3 is 2. The molecule has 0 radical (unpaired) electrons. The molecule has 1 fully saturated rings. The van der Waals surface area contributed by atoms with Crippen molar-refractivity contribution in [3.8, 4) is 11.5 Å². The van der Waals surface area contributed by atoms with Gasteiger partial charge in [-0.2, -0.15) is 0 Å². The van der Waals surface area contributed by atoms with Gasteiger partial charge in [0.2, 0.25) is 5.78 Å². The van der Waals surface area contributed by atoms with Crippen LogP contribution in [0.15, 0.2) is 18.2 Å². The fraction of sp³-hybridized carbons (Fsp3) is 0.455. The molecule has 2 atom stereocenters. The second-order valence-electron chi connectivity index (χ2n) is 7.49. The number of nitrogens with one attached hydrogen (secondary N) is 2. The van der Waals surface area contributed by atoms with Crippen molar-refractivity contribution in [2.75, 3.05) is 27.3 Å². The Labute approximate surface area is 165 Å². The molecule has 1 aliphatic rings. The average molecular weight is 385 g/mol. The van der Waals surface area contributed by atoms with Crippen LogP contribution in [-0.4, -0.2) is 43.9 Å². The molecule has 6 nitrogen and oxygen atoms in total. The lowest BCUT2D eigenvalue weighted by Gasteiger charge is -2.23. The van der Waals surface area contributed by atoms with Gasteiger partial charge in [0.05, 0.1) is 32.0 Å². The molecule has 1 unspecified atom stereocenters. The van der Waals surface area contributed by atoms with Gasteiger partial charge in [0, 0.05) is 30.2 Å². The highest BCUT2D eigenvalue weighted by Gasteiger charge is 2.34. The lowest BCUT2D eigenvalue weighted by Crippen LogP contribution is -3.11. The Hall–Kier alpha value is -2.60. The minimum absolute atomic E-state index is 0.0142. The Morgan fingerprint density at radius 2 is 1.96 bits per heavy atom. The summed E-state index contributed by atoms with van der Waals surface area (Å²) in [5, 5.41) is 0. The van der Waals surface area contributed by atoms with Crippen LogP contribution in [0.4, 0.5) is 0 Å². The number of quaternary nitrogens is 1. The molecule has 1 saturated heterocycles. The molecule has 1 aliphatic heterocycles. The summed E-state index contributed by atoms with van der Waals surface area (Å²) < 4.78 is 10.9. The number of Topliss-reactive ketones (excluding diaryl/α,β-unsaturated/α-hetero) is 2. The molecule has 1 aromatic heterocycles. The van der Waals surface area contributed by atoms with Crippen molar-refractivity contribution < 1.29 is 24.0 Å². The van der Waals surface area contributed by atoms with Gasteiger partial charge >= 0.3 is 0 Å². The topological polar surface area (TPSA) is 72.8 Å². The Bertz CT molecular complexity index is 900. The smallest absolute Gasteiger partial charge is 0.233 e. The number of carbonyl (C=O) groups is 2. The van der Waals surface area contributed by atoms with Crippen LogP contribution in [0.2, 0.25) is 0 Å². The number of hydrogen-bond acceptors (Lipinski definition) is 4. The van der Waals surface area contributed by atoms with Crippen LogP contribution in [0.3, 0.4) is 0 Å². The van der Waals surface area contributed by atoms with Gasteiger partial charge in [0.25, 0.3) is 0 Å². The minimum atomic E-state index is -0.0142. The molecule has 0 saturated carbocycles. The van der Waals surface area contributed by atoms with Crippen molar-refractivity contribution in [1.82, 2.24) is 4.98 Å². The zero-order valence-electron chi connectivity index (χ0n) is 17.3. The number of likely N-dealkylation sites (tertiary alicyclic amines) is 1. The molecular formula is C22H29N2O4+. The maximum Gasteiger partial charge on any atom is 0.233 e. The van der Waals surface area contributed by atoms with E-state index in [9.17, 15) is 9.59 Å². The van der Waals surface area contributed by atoms with E-state index in [-0.39, 0.29) is 17.6 Å². The van der Waals surface area contributed by atoms with Crippen molar-refractivity contribution in [3.63, 3.8) is 0 Å². The lowest BCUT2D eigenvalue weighted by molar-refractivity contribution is -0.910. The first-order chi connectivity index (χ1) is 13.4. The first kappa shape index (κ1) is 20.1. The van der Waals surface area contributed by atoms with Crippen molar-refractivity contribution in [2.24, 2.45) is 0 Å². The van der Waals surface area contributed by atoms with Gasteiger partial charge in [-0.25, -0.2) is 0 Å². The Morgan fingerprint density at radius 1 is 1.21 bits per heavy atom. The standard InChI is InChI=1S/C22H28N2O4/c1-13-21(15(3)25)14(2)23-22(13)19(26)12-24-10-6-7-18(24)17-9-8-16(27-4)11-20(17)28-5/h8-9,11,18,23H,6-7,10,12H2,1-5H3/p+1/t18-/m1/s1. The number of H-pyrrole nitrogens is 1. The molecule has 2 aromatic rings. The molecule has 1 aromatic carbocycles. The van der Waals surface area contributed by atoms with E-state index in [1.54, 1.807) is 14.2 Å². The fourth-order valence-corrected chi connectivity index (χ4v) is 4.46.